The molecule has 0 aliphatic rings. The maximum absolute atomic E-state index is 12.8. The molecule has 0 aliphatic heterocycles. The Kier molecular flexibility index (Phi) is 6.81. The van der Waals surface area contributed by atoms with Crippen molar-refractivity contribution in [3.63, 3.8) is 0 Å². The summed E-state index contributed by atoms with van der Waals surface area (Å²) in [5, 5.41) is 5.35. The molecule has 0 radical (unpaired) electrons. The largest absolute Gasteiger partial charge is 0.418 e. The molecule has 21 heavy (non-hydrogen) atoms. The molecule has 0 aromatic heterocycles. The molecule has 1 aromatic rings. The van der Waals surface area contributed by atoms with Crippen molar-refractivity contribution in [1.82, 2.24) is 5.32 Å². The fourth-order valence-corrected chi connectivity index (χ4v) is 1.88. The van der Waals surface area contributed by atoms with Gasteiger partial charge in [-0.15, -0.1) is 0 Å². The summed E-state index contributed by atoms with van der Waals surface area (Å²) in [4.78, 5) is 11.4. The van der Waals surface area contributed by atoms with Gasteiger partial charge in [0.25, 0.3) is 0 Å². The van der Waals surface area contributed by atoms with Crippen molar-refractivity contribution in [1.29, 1.82) is 0 Å². The normalized spacial score (nSPS) is 11.3. The Labute approximate surface area is 126 Å². The van der Waals surface area contributed by atoms with Gasteiger partial charge in [0.15, 0.2) is 0 Å². The van der Waals surface area contributed by atoms with Crippen molar-refractivity contribution in [2.45, 2.75) is 32.4 Å². The lowest BCUT2D eigenvalue weighted by Gasteiger charge is -2.14. The molecular formula is C14H18ClF3N2O. The first-order valence-electron chi connectivity index (χ1n) is 6.72. The average molecular weight is 323 g/mol. The highest BCUT2D eigenvalue weighted by atomic mass is 35.5. The van der Waals surface area contributed by atoms with Crippen LogP contribution in [0.3, 0.4) is 0 Å². The Hall–Kier alpha value is -1.43. The van der Waals surface area contributed by atoms with Crippen molar-refractivity contribution >= 4 is 23.2 Å². The maximum atomic E-state index is 12.8. The first-order chi connectivity index (χ1) is 9.84. The summed E-state index contributed by atoms with van der Waals surface area (Å²) in [7, 11) is 0. The number of carbonyl (C=O) groups excluding carboxylic acids is 1. The first-order valence-corrected chi connectivity index (χ1v) is 7.09. The number of anilines is 1. The van der Waals surface area contributed by atoms with Gasteiger partial charge >= 0.3 is 6.18 Å². The van der Waals surface area contributed by atoms with E-state index in [1.54, 1.807) is 0 Å². The van der Waals surface area contributed by atoms with E-state index in [1.165, 1.54) is 12.1 Å². The highest BCUT2D eigenvalue weighted by molar-refractivity contribution is 6.30. The zero-order chi connectivity index (χ0) is 15.9. The molecule has 7 heteroatoms. The first kappa shape index (κ1) is 17.6. The molecule has 2 N–H and O–H groups in total. The molecule has 0 saturated heterocycles. The average Bonchev–Trinajstić information content (AvgIpc) is 2.39. The molecule has 0 spiro atoms. The molecule has 0 heterocycles. The zero-order valence-electron chi connectivity index (χ0n) is 11.7. The minimum absolute atomic E-state index is 0.0187. The van der Waals surface area contributed by atoms with Crippen LogP contribution in [0.4, 0.5) is 18.9 Å². The highest BCUT2D eigenvalue weighted by Gasteiger charge is 2.33. The van der Waals surface area contributed by atoms with E-state index >= 15 is 0 Å². The monoisotopic (exact) mass is 322 g/mol. The van der Waals surface area contributed by atoms with Crippen LogP contribution in [0.2, 0.25) is 5.02 Å². The molecule has 1 amide bonds. The molecule has 3 nitrogen and oxygen atoms in total. The topological polar surface area (TPSA) is 41.1 Å². The lowest BCUT2D eigenvalue weighted by molar-refractivity contribution is -0.137. The molecule has 0 fully saturated rings. The second-order valence-corrected chi connectivity index (χ2v) is 5.00. The van der Waals surface area contributed by atoms with Crippen LogP contribution in [0, 0.1) is 0 Å². The Morgan fingerprint density at radius 3 is 2.62 bits per heavy atom. The van der Waals surface area contributed by atoms with Crippen LogP contribution in [-0.2, 0) is 11.0 Å². The van der Waals surface area contributed by atoms with Crippen LogP contribution in [-0.4, -0.2) is 19.0 Å². The van der Waals surface area contributed by atoms with Gasteiger partial charge < -0.3 is 10.6 Å². The summed E-state index contributed by atoms with van der Waals surface area (Å²) in [6, 6.07) is 3.51. The number of hydrogen-bond acceptors (Lipinski definition) is 2. The van der Waals surface area contributed by atoms with Gasteiger partial charge in [-0.05, 0) is 24.6 Å². The van der Waals surface area contributed by atoms with Crippen LogP contribution in [0.5, 0.6) is 0 Å². The molecule has 118 valence electrons. The zero-order valence-corrected chi connectivity index (χ0v) is 12.4. The van der Waals surface area contributed by atoms with Gasteiger partial charge in [-0.1, -0.05) is 24.9 Å². The molecule has 0 bridgehead atoms. The fraction of sp³-hybridized carbons (Fsp3) is 0.500. The molecular weight excluding hydrogens is 305 g/mol. The standard InChI is InChI=1S/C14H18ClF3N2O/c1-2-3-7-20-13(21)6-8-19-12-5-4-10(15)9-11(12)14(16,17)18/h4-5,9,19H,2-3,6-8H2,1H3,(H,20,21). The molecule has 0 saturated carbocycles. The third-order valence-electron chi connectivity index (χ3n) is 2.81. The Balaban J connectivity index is 2.54. The summed E-state index contributed by atoms with van der Waals surface area (Å²) >= 11 is 5.59. The van der Waals surface area contributed by atoms with Gasteiger partial charge in [-0.2, -0.15) is 13.2 Å². The van der Waals surface area contributed by atoms with Gasteiger partial charge in [0.2, 0.25) is 5.91 Å². The van der Waals surface area contributed by atoms with Gasteiger partial charge in [0.1, 0.15) is 0 Å². The summed E-state index contributed by atoms with van der Waals surface area (Å²) in [6.45, 7) is 2.72. The van der Waals surface area contributed by atoms with Crippen molar-refractivity contribution < 1.29 is 18.0 Å². The van der Waals surface area contributed by atoms with Crippen LogP contribution in [0.1, 0.15) is 31.7 Å². The number of unbranched alkanes of at least 4 members (excludes halogenated alkanes) is 1. The van der Waals surface area contributed by atoms with E-state index in [-0.39, 0.29) is 29.6 Å². The molecule has 1 aromatic carbocycles. The maximum Gasteiger partial charge on any atom is 0.418 e. The van der Waals surface area contributed by atoms with E-state index in [9.17, 15) is 18.0 Å². The second-order valence-electron chi connectivity index (χ2n) is 4.57. The van der Waals surface area contributed by atoms with Crippen LogP contribution in [0.15, 0.2) is 18.2 Å². The van der Waals surface area contributed by atoms with Crippen LogP contribution < -0.4 is 10.6 Å². The van der Waals surface area contributed by atoms with E-state index in [4.69, 9.17) is 11.6 Å². The van der Waals surface area contributed by atoms with E-state index < -0.39 is 11.7 Å². The number of alkyl halides is 3. The Morgan fingerprint density at radius 1 is 1.29 bits per heavy atom. The van der Waals surface area contributed by atoms with Crippen LogP contribution in [0.25, 0.3) is 0 Å². The van der Waals surface area contributed by atoms with Crippen molar-refractivity contribution in [2.24, 2.45) is 0 Å². The summed E-state index contributed by atoms with van der Waals surface area (Å²) in [5.74, 6) is -0.182. The quantitative estimate of drug-likeness (QED) is 0.743. The number of benzene rings is 1. The SMILES string of the molecule is CCCCNC(=O)CCNc1ccc(Cl)cc1C(F)(F)F. The van der Waals surface area contributed by atoms with E-state index in [0.717, 1.165) is 18.9 Å². The summed E-state index contributed by atoms with van der Waals surface area (Å²) in [6.07, 6.45) is -2.52. The predicted molar refractivity (Wildman–Crippen MR) is 77.5 cm³/mol. The highest BCUT2D eigenvalue weighted by Crippen LogP contribution is 2.36. The number of halogens is 4. The number of nitrogens with one attached hydrogen (secondary N) is 2. The summed E-state index contributed by atoms with van der Waals surface area (Å²) < 4.78 is 38.5. The molecule has 0 aliphatic carbocycles. The molecule has 1 rings (SSSR count). The summed E-state index contributed by atoms with van der Waals surface area (Å²) in [5.41, 5.74) is -0.908. The minimum Gasteiger partial charge on any atom is -0.384 e. The number of amides is 1. The van der Waals surface area contributed by atoms with E-state index in [1.807, 2.05) is 6.92 Å². The van der Waals surface area contributed by atoms with Crippen molar-refractivity contribution in [3.8, 4) is 0 Å². The van der Waals surface area contributed by atoms with Crippen molar-refractivity contribution in [2.75, 3.05) is 18.4 Å². The number of rotatable bonds is 7. The minimum atomic E-state index is -4.49. The van der Waals surface area contributed by atoms with E-state index in [2.05, 4.69) is 10.6 Å². The lowest BCUT2D eigenvalue weighted by Crippen LogP contribution is -2.26. The fourth-order valence-electron chi connectivity index (χ4n) is 1.71. The van der Waals surface area contributed by atoms with Crippen LogP contribution >= 0.6 is 11.6 Å². The predicted octanol–water partition coefficient (Wildman–Crippen LogP) is 4.08. The molecule has 0 atom stereocenters. The van der Waals surface area contributed by atoms with Gasteiger partial charge in [-0.25, -0.2) is 0 Å². The van der Waals surface area contributed by atoms with Crippen molar-refractivity contribution in [3.05, 3.63) is 28.8 Å². The van der Waals surface area contributed by atoms with E-state index in [0.29, 0.717) is 6.54 Å². The number of hydrogen-bond donors (Lipinski definition) is 2. The Bertz CT molecular complexity index is 478. The second kappa shape index (κ2) is 8.12. The third-order valence-corrected chi connectivity index (χ3v) is 3.04. The smallest absolute Gasteiger partial charge is 0.384 e. The molecule has 0 unspecified atom stereocenters. The third kappa shape index (κ3) is 6.25. The number of carbonyl (C=O) groups is 1. The Morgan fingerprint density at radius 2 is 2.00 bits per heavy atom. The van der Waals surface area contributed by atoms with Gasteiger partial charge in [0, 0.05) is 30.2 Å². The van der Waals surface area contributed by atoms with Gasteiger partial charge in [-0.3, -0.25) is 4.79 Å². The lowest BCUT2D eigenvalue weighted by atomic mass is 10.1. The van der Waals surface area contributed by atoms with Gasteiger partial charge in [0.05, 0.1) is 5.56 Å².